The number of hydrogen-bond acceptors (Lipinski definition) is 3. The van der Waals surface area contributed by atoms with Gasteiger partial charge in [0.25, 0.3) is 0 Å². The van der Waals surface area contributed by atoms with Gasteiger partial charge in [-0.15, -0.1) is 0 Å². The lowest BCUT2D eigenvalue weighted by molar-refractivity contribution is 0.392. The molecule has 0 aliphatic carbocycles. The van der Waals surface area contributed by atoms with Gasteiger partial charge in [0.1, 0.15) is 0 Å². The highest BCUT2D eigenvalue weighted by Gasteiger charge is 2.27. The molecule has 0 spiro atoms. The minimum Gasteiger partial charge on any atom is -0.371 e. The van der Waals surface area contributed by atoms with E-state index in [1.54, 1.807) is 0 Å². The fraction of sp³-hybridized carbons (Fsp3) is 0.600. The number of likely N-dealkylation sites (N-methyl/N-ethyl adjacent to an activating group) is 1. The minimum absolute atomic E-state index is 0.0664. The second-order valence-corrected chi connectivity index (χ2v) is 5.40. The zero-order valence-corrected chi connectivity index (χ0v) is 11.8. The van der Waals surface area contributed by atoms with Crippen molar-refractivity contribution >= 4 is 11.4 Å². The molecule has 1 aromatic carbocycles. The summed E-state index contributed by atoms with van der Waals surface area (Å²) in [5, 5.41) is 0. The van der Waals surface area contributed by atoms with E-state index in [2.05, 4.69) is 55.0 Å². The molecule has 0 unspecified atom stereocenters. The maximum absolute atomic E-state index is 6.46. The lowest BCUT2D eigenvalue weighted by Crippen LogP contribution is -2.52. The average Bonchev–Trinajstić information content (AvgIpc) is 2.42. The molecule has 2 N–H and O–H groups in total. The summed E-state index contributed by atoms with van der Waals surface area (Å²) in [6.07, 6.45) is 2.05. The molecule has 18 heavy (non-hydrogen) atoms. The Hall–Kier alpha value is -1.22. The molecule has 1 aliphatic rings. The fourth-order valence-electron chi connectivity index (χ4n) is 2.58. The molecule has 0 saturated heterocycles. The van der Waals surface area contributed by atoms with Crippen molar-refractivity contribution in [2.75, 3.05) is 36.5 Å². The molecule has 0 amide bonds. The summed E-state index contributed by atoms with van der Waals surface area (Å²) >= 11 is 0. The van der Waals surface area contributed by atoms with Crippen LogP contribution in [0.5, 0.6) is 0 Å². The van der Waals surface area contributed by atoms with Crippen LogP contribution in [0.4, 0.5) is 11.4 Å². The molecular weight excluding hydrogens is 222 g/mol. The zero-order valence-electron chi connectivity index (χ0n) is 11.8. The third kappa shape index (κ3) is 2.46. The Bertz CT molecular complexity index is 398. The lowest BCUT2D eigenvalue weighted by atomic mass is 9.93. The first-order valence-electron chi connectivity index (χ1n) is 6.93. The summed E-state index contributed by atoms with van der Waals surface area (Å²) in [5.74, 6) is 0. The van der Waals surface area contributed by atoms with Gasteiger partial charge in [-0.1, -0.05) is 26.0 Å². The second kappa shape index (κ2) is 5.19. The van der Waals surface area contributed by atoms with Crippen LogP contribution in [0.15, 0.2) is 24.3 Å². The van der Waals surface area contributed by atoms with E-state index < -0.39 is 0 Å². The summed E-state index contributed by atoms with van der Waals surface area (Å²) < 4.78 is 0. The van der Waals surface area contributed by atoms with Crippen molar-refractivity contribution in [1.82, 2.24) is 0 Å². The van der Waals surface area contributed by atoms with Crippen LogP contribution in [0.1, 0.15) is 26.7 Å². The number of fused-ring (bicyclic) bond motifs is 1. The maximum atomic E-state index is 6.46. The Balaban J connectivity index is 2.24. The first kappa shape index (κ1) is 13.2. The summed E-state index contributed by atoms with van der Waals surface area (Å²) in [5.41, 5.74) is 9.04. The van der Waals surface area contributed by atoms with E-state index in [4.69, 9.17) is 5.73 Å². The molecule has 0 bridgehead atoms. The van der Waals surface area contributed by atoms with Crippen LogP contribution in [0, 0.1) is 0 Å². The molecule has 0 radical (unpaired) electrons. The van der Waals surface area contributed by atoms with Gasteiger partial charge in [-0.3, -0.25) is 0 Å². The predicted octanol–water partition coefficient (Wildman–Crippen LogP) is 2.46. The molecule has 0 saturated carbocycles. The van der Waals surface area contributed by atoms with Crippen LogP contribution in [0.2, 0.25) is 0 Å². The quantitative estimate of drug-likeness (QED) is 0.887. The van der Waals surface area contributed by atoms with Crippen molar-refractivity contribution in [3.05, 3.63) is 24.3 Å². The monoisotopic (exact) mass is 247 g/mol. The SMILES string of the molecule is CCC(N)(CC)CN1CCN(C)c2ccccc21. The van der Waals surface area contributed by atoms with Crippen LogP contribution in [-0.2, 0) is 0 Å². The Morgan fingerprint density at radius 3 is 2.33 bits per heavy atom. The van der Waals surface area contributed by atoms with Crippen LogP contribution < -0.4 is 15.5 Å². The van der Waals surface area contributed by atoms with Crippen molar-refractivity contribution in [2.45, 2.75) is 32.2 Å². The van der Waals surface area contributed by atoms with Gasteiger partial charge < -0.3 is 15.5 Å². The third-order valence-corrected chi connectivity index (χ3v) is 4.25. The number of nitrogens with two attached hydrogens (primary N) is 1. The average molecular weight is 247 g/mol. The van der Waals surface area contributed by atoms with E-state index in [1.807, 2.05) is 0 Å². The molecule has 0 aromatic heterocycles. The molecule has 0 atom stereocenters. The zero-order chi connectivity index (χ0) is 13.2. The van der Waals surface area contributed by atoms with E-state index in [-0.39, 0.29) is 5.54 Å². The molecule has 1 heterocycles. The Labute approximate surface area is 111 Å². The molecule has 0 fully saturated rings. The highest BCUT2D eigenvalue weighted by molar-refractivity contribution is 5.73. The molecule has 100 valence electrons. The molecule has 3 heteroatoms. The Morgan fingerprint density at radius 1 is 1.11 bits per heavy atom. The van der Waals surface area contributed by atoms with Gasteiger partial charge in [0.05, 0.1) is 11.4 Å². The maximum Gasteiger partial charge on any atom is 0.0605 e. The predicted molar refractivity (Wildman–Crippen MR) is 79.4 cm³/mol. The normalized spacial score (nSPS) is 15.8. The third-order valence-electron chi connectivity index (χ3n) is 4.25. The molecule has 3 nitrogen and oxygen atoms in total. The van der Waals surface area contributed by atoms with Gasteiger partial charge in [-0.05, 0) is 25.0 Å². The van der Waals surface area contributed by atoms with Crippen molar-refractivity contribution in [2.24, 2.45) is 5.73 Å². The van der Waals surface area contributed by atoms with Crippen molar-refractivity contribution in [1.29, 1.82) is 0 Å². The Morgan fingerprint density at radius 2 is 1.72 bits per heavy atom. The van der Waals surface area contributed by atoms with Crippen LogP contribution in [-0.4, -0.2) is 32.2 Å². The first-order chi connectivity index (χ1) is 8.59. The van der Waals surface area contributed by atoms with Crippen molar-refractivity contribution < 1.29 is 0 Å². The molecular formula is C15H25N3. The molecule has 1 aliphatic heterocycles. The fourth-order valence-corrected chi connectivity index (χ4v) is 2.58. The minimum atomic E-state index is -0.0664. The molecule has 1 aromatic rings. The summed E-state index contributed by atoms with van der Waals surface area (Å²) in [7, 11) is 2.16. The van der Waals surface area contributed by atoms with Crippen LogP contribution in [0.25, 0.3) is 0 Å². The number of para-hydroxylation sites is 2. The highest BCUT2D eigenvalue weighted by atomic mass is 15.3. The van der Waals surface area contributed by atoms with Crippen molar-refractivity contribution in [3.63, 3.8) is 0 Å². The number of hydrogen-bond donors (Lipinski definition) is 1. The smallest absolute Gasteiger partial charge is 0.0605 e. The van der Waals surface area contributed by atoms with Gasteiger partial charge in [-0.2, -0.15) is 0 Å². The van der Waals surface area contributed by atoms with Crippen molar-refractivity contribution in [3.8, 4) is 0 Å². The van der Waals surface area contributed by atoms with Crippen LogP contribution >= 0.6 is 0 Å². The number of benzene rings is 1. The summed E-state index contributed by atoms with van der Waals surface area (Å²) in [6.45, 7) is 7.45. The first-order valence-corrected chi connectivity index (χ1v) is 6.93. The van der Waals surface area contributed by atoms with Gasteiger partial charge in [0.15, 0.2) is 0 Å². The van der Waals surface area contributed by atoms with Gasteiger partial charge >= 0.3 is 0 Å². The van der Waals surface area contributed by atoms with Gasteiger partial charge in [-0.25, -0.2) is 0 Å². The van der Waals surface area contributed by atoms with E-state index in [0.717, 1.165) is 32.5 Å². The summed E-state index contributed by atoms with van der Waals surface area (Å²) in [6, 6.07) is 8.61. The Kier molecular flexibility index (Phi) is 3.81. The number of rotatable bonds is 4. The summed E-state index contributed by atoms with van der Waals surface area (Å²) in [4.78, 5) is 4.77. The highest BCUT2D eigenvalue weighted by Crippen LogP contribution is 2.32. The molecule has 2 rings (SSSR count). The van der Waals surface area contributed by atoms with Gasteiger partial charge in [0, 0.05) is 32.2 Å². The van der Waals surface area contributed by atoms with E-state index in [0.29, 0.717) is 0 Å². The van der Waals surface area contributed by atoms with Crippen LogP contribution in [0.3, 0.4) is 0 Å². The van der Waals surface area contributed by atoms with E-state index >= 15 is 0 Å². The van der Waals surface area contributed by atoms with Gasteiger partial charge in [0.2, 0.25) is 0 Å². The lowest BCUT2D eigenvalue weighted by Gasteiger charge is -2.41. The number of anilines is 2. The van der Waals surface area contributed by atoms with E-state index in [1.165, 1.54) is 11.4 Å². The topological polar surface area (TPSA) is 32.5 Å². The van der Waals surface area contributed by atoms with E-state index in [9.17, 15) is 0 Å². The largest absolute Gasteiger partial charge is 0.371 e. The standard InChI is InChI=1S/C15H25N3/c1-4-15(16,5-2)12-18-11-10-17(3)13-8-6-7-9-14(13)18/h6-9H,4-5,10-12,16H2,1-3H3. The number of nitrogens with zero attached hydrogens (tertiary/aromatic N) is 2. The second-order valence-electron chi connectivity index (χ2n) is 5.40.